The molecule has 0 saturated carbocycles. The summed E-state index contributed by atoms with van der Waals surface area (Å²) in [5.41, 5.74) is 5.34. The predicted molar refractivity (Wildman–Crippen MR) is 42.6 cm³/mol. The summed E-state index contributed by atoms with van der Waals surface area (Å²) in [5.74, 6) is 0. The molecule has 0 aliphatic heterocycles. The number of allylic oxidation sites excluding steroid dienone is 1. The molecule has 0 fully saturated rings. The van der Waals surface area contributed by atoms with Crippen LogP contribution >= 0.6 is 15.9 Å². The highest BCUT2D eigenvalue weighted by atomic mass is 79.9. The maximum absolute atomic E-state index is 6.73. The van der Waals surface area contributed by atoms with E-state index in [-0.39, 0.29) is 6.17 Å². The lowest BCUT2D eigenvalue weighted by Gasteiger charge is -2.02. The van der Waals surface area contributed by atoms with Gasteiger partial charge in [-0.3, -0.25) is 0 Å². The molecule has 0 aliphatic carbocycles. The van der Waals surface area contributed by atoms with Crippen LogP contribution in [-0.4, -0.2) is 12.4 Å². The Hall–Kier alpha value is -0.350. The molecule has 0 aliphatic rings. The summed E-state index contributed by atoms with van der Waals surface area (Å²) in [6, 6.07) is 0. The second-order valence-corrected chi connectivity index (χ2v) is 2.54. The van der Waals surface area contributed by atoms with E-state index in [0.717, 1.165) is 0 Å². The summed E-state index contributed by atoms with van der Waals surface area (Å²) in [5, 5.41) is 9.55. The molecule has 0 aromatic rings. The summed E-state index contributed by atoms with van der Waals surface area (Å²) < 4.78 is 0.680. The molecule has 0 aromatic heterocycles. The Morgan fingerprint density at radius 3 is 2.78 bits per heavy atom. The van der Waals surface area contributed by atoms with Gasteiger partial charge in [0.15, 0.2) is 0 Å². The largest absolute Gasteiger partial charge is 0.375 e. The fourth-order valence-corrected chi connectivity index (χ4v) is 0.385. The highest BCUT2D eigenvalue weighted by Gasteiger charge is 1.85. The Morgan fingerprint density at radius 2 is 2.44 bits per heavy atom. The lowest BCUT2D eigenvalue weighted by atomic mass is 10.6. The highest BCUT2D eigenvalue weighted by molar-refractivity contribution is 9.12. The fraction of sp³-hybridized carbons (Fsp3) is 0.400. The SMILES string of the molecule is CC(N)N/C=C(/Br)C=N. The van der Waals surface area contributed by atoms with Crippen LogP contribution < -0.4 is 11.1 Å². The Bertz CT molecular complexity index is 119. The van der Waals surface area contributed by atoms with Crippen LogP contribution in [0, 0.1) is 5.41 Å². The molecule has 9 heavy (non-hydrogen) atoms. The van der Waals surface area contributed by atoms with E-state index in [2.05, 4.69) is 21.2 Å². The minimum atomic E-state index is -0.0718. The van der Waals surface area contributed by atoms with Crippen molar-refractivity contribution >= 4 is 22.1 Å². The Labute approximate surface area is 63.0 Å². The van der Waals surface area contributed by atoms with Crippen molar-refractivity contribution in [2.75, 3.05) is 0 Å². The van der Waals surface area contributed by atoms with Crippen molar-refractivity contribution in [1.29, 1.82) is 5.41 Å². The van der Waals surface area contributed by atoms with Crippen LogP contribution in [-0.2, 0) is 0 Å². The zero-order valence-electron chi connectivity index (χ0n) is 5.19. The first-order valence-corrected chi connectivity index (χ1v) is 3.34. The standard InChI is InChI=1S/C5H10BrN3/c1-4(8)9-3-5(6)2-7/h2-4,7,9H,8H2,1H3/b5-3+,7-2?. The Balaban J connectivity index is 3.56. The van der Waals surface area contributed by atoms with Gasteiger partial charge in [0.2, 0.25) is 0 Å². The minimum Gasteiger partial charge on any atom is -0.375 e. The van der Waals surface area contributed by atoms with E-state index in [9.17, 15) is 0 Å². The van der Waals surface area contributed by atoms with Crippen LogP contribution in [0.1, 0.15) is 6.92 Å². The topological polar surface area (TPSA) is 61.9 Å². The van der Waals surface area contributed by atoms with E-state index < -0.39 is 0 Å². The van der Waals surface area contributed by atoms with Crippen molar-refractivity contribution in [2.45, 2.75) is 13.1 Å². The van der Waals surface area contributed by atoms with E-state index in [4.69, 9.17) is 11.1 Å². The van der Waals surface area contributed by atoms with E-state index in [1.807, 2.05) is 6.92 Å². The van der Waals surface area contributed by atoms with Gasteiger partial charge in [-0.2, -0.15) is 0 Å². The van der Waals surface area contributed by atoms with Gasteiger partial charge in [0.25, 0.3) is 0 Å². The first kappa shape index (κ1) is 8.65. The predicted octanol–water partition coefficient (Wildman–Crippen LogP) is 0.767. The third kappa shape index (κ3) is 5.52. The maximum Gasteiger partial charge on any atom is 0.0709 e. The first-order chi connectivity index (χ1) is 4.16. The normalized spacial score (nSPS) is 14.8. The van der Waals surface area contributed by atoms with Gasteiger partial charge in [-0.15, -0.1) is 0 Å². The second kappa shape index (κ2) is 4.52. The number of rotatable bonds is 3. The molecule has 0 heterocycles. The van der Waals surface area contributed by atoms with Gasteiger partial charge < -0.3 is 16.5 Å². The third-order valence-corrected chi connectivity index (χ3v) is 1.08. The fourth-order valence-electron chi connectivity index (χ4n) is 0.253. The number of nitrogens with two attached hydrogens (primary N) is 1. The first-order valence-electron chi connectivity index (χ1n) is 2.54. The smallest absolute Gasteiger partial charge is 0.0709 e. The molecule has 0 bridgehead atoms. The summed E-state index contributed by atoms with van der Waals surface area (Å²) in [6.45, 7) is 1.82. The molecule has 0 rings (SSSR count). The summed E-state index contributed by atoms with van der Waals surface area (Å²) in [4.78, 5) is 0. The molecule has 0 aromatic carbocycles. The lowest BCUT2D eigenvalue weighted by Crippen LogP contribution is -2.29. The molecule has 4 N–H and O–H groups in total. The summed E-state index contributed by atoms with van der Waals surface area (Å²) in [6.07, 6.45) is 2.75. The molecular weight excluding hydrogens is 182 g/mol. The van der Waals surface area contributed by atoms with Crippen LogP contribution in [0.3, 0.4) is 0 Å². The van der Waals surface area contributed by atoms with Crippen molar-refractivity contribution in [3.63, 3.8) is 0 Å². The molecular formula is C5H10BrN3. The molecule has 1 atom stereocenters. The molecule has 52 valence electrons. The van der Waals surface area contributed by atoms with Crippen molar-refractivity contribution < 1.29 is 0 Å². The summed E-state index contributed by atoms with van der Waals surface area (Å²) in [7, 11) is 0. The van der Waals surface area contributed by atoms with E-state index in [1.165, 1.54) is 6.21 Å². The van der Waals surface area contributed by atoms with E-state index >= 15 is 0 Å². The summed E-state index contributed by atoms with van der Waals surface area (Å²) >= 11 is 3.11. The monoisotopic (exact) mass is 191 g/mol. The highest BCUT2D eigenvalue weighted by Crippen LogP contribution is 1.96. The van der Waals surface area contributed by atoms with Gasteiger partial charge >= 0.3 is 0 Å². The second-order valence-electron chi connectivity index (χ2n) is 1.63. The quantitative estimate of drug-likeness (QED) is 0.456. The number of hydrogen-bond acceptors (Lipinski definition) is 3. The van der Waals surface area contributed by atoms with Crippen molar-refractivity contribution in [2.24, 2.45) is 5.73 Å². The molecule has 3 nitrogen and oxygen atoms in total. The molecule has 4 heteroatoms. The van der Waals surface area contributed by atoms with Gasteiger partial charge in [-0.05, 0) is 22.9 Å². The van der Waals surface area contributed by atoms with Crippen molar-refractivity contribution in [1.82, 2.24) is 5.32 Å². The minimum absolute atomic E-state index is 0.0718. The van der Waals surface area contributed by atoms with Crippen LogP contribution in [0.25, 0.3) is 0 Å². The molecule has 1 unspecified atom stereocenters. The van der Waals surface area contributed by atoms with Crippen molar-refractivity contribution in [3.8, 4) is 0 Å². The molecule has 0 amide bonds. The number of nitrogens with one attached hydrogen (secondary N) is 2. The zero-order chi connectivity index (χ0) is 7.28. The van der Waals surface area contributed by atoms with Crippen molar-refractivity contribution in [3.05, 3.63) is 10.7 Å². The Morgan fingerprint density at radius 1 is 1.89 bits per heavy atom. The zero-order valence-corrected chi connectivity index (χ0v) is 6.77. The van der Waals surface area contributed by atoms with Gasteiger partial charge in [0, 0.05) is 12.4 Å². The average molecular weight is 192 g/mol. The van der Waals surface area contributed by atoms with Gasteiger partial charge in [-0.25, -0.2) is 0 Å². The molecule has 0 radical (unpaired) electrons. The van der Waals surface area contributed by atoms with Gasteiger partial charge in [0.05, 0.1) is 10.6 Å². The number of halogens is 1. The van der Waals surface area contributed by atoms with Crippen LogP contribution in [0.4, 0.5) is 0 Å². The van der Waals surface area contributed by atoms with Crippen LogP contribution in [0.5, 0.6) is 0 Å². The third-order valence-electron chi connectivity index (χ3n) is 0.622. The van der Waals surface area contributed by atoms with Crippen LogP contribution in [0.15, 0.2) is 10.7 Å². The van der Waals surface area contributed by atoms with Gasteiger partial charge in [-0.1, -0.05) is 0 Å². The van der Waals surface area contributed by atoms with Gasteiger partial charge in [0.1, 0.15) is 0 Å². The number of hydrogen-bond donors (Lipinski definition) is 3. The lowest BCUT2D eigenvalue weighted by molar-refractivity contribution is 0.670. The van der Waals surface area contributed by atoms with E-state index in [0.29, 0.717) is 4.48 Å². The molecule has 0 spiro atoms. The maximum atomic E-state index is 6.73. The average Bonchev–Trinajstić information content (AvgIpc) is 1.83. The van der Waals surface area contributed by atoms with Crippen LogP contribution in [0.2, 0.25) is 0 Å². The van der Waals surface area contributed by atoms with E-state index in [1.54, 1.807) is 6.20 Å². The Kier molecular flexibility index (Phi) is 4.35. The molecule has 0 saturated heterocycles.